The molecule has 0 spiro atoms. The Labute approximate surface area is 148 Å². The van der Waals surface area contributed by atoms with E-state index >= 15 is 0 Å². The van der Waals surface area contributed by atoms with E-state index in [2.05, 4.69) is 15.2 Å². The molecule has 0 aliphatic rings. The molecule has 25 heavy (non-hydrogen) atoms. The number of rotatable bonds is 5. The molecule has 0 saturated carbocycles. The highest BCUT2D eigenvalue weighted by Gasteiger charge is 2.16. The molecule has 1 aromatic carbocycles. The fraction of sp³-hybridized carbons (Fsp3) is 0.176. The van der Waals surface area contributed by atoms with Crippen LogP contribution in [-0.2, 0) is 16.0 Å². The van der Waals surface area contributed by atoms with Gasteiger partial charge in [0.1, 0.15) is 11.4 Å². The van der Waals surface area contributed by atoms with Gasteiger partial charge in [-0.15, -0.1) is 10.2 Å². The van der Waals surface area contributed by atoms with Crippen LogP contribution in [0.15, 0.2) is 52.8 Å². The van der Waals surface area contributed by atoms with Crippen molar-refractivity contribution < 1.29 is 14.3 Å². The average Bonchev–Trinajstić information content (AvgIpc) is 2.96. The molecule has 0 aliphatic carbocycles. The van der Waals surface area contributed by atoms with Crippen molar-refractivity contribution in [2.45, 2.75) is 6.42 Å². The molecule has 0 saturated heterocycles. The van der Waals surface area contributed by atoms with E-state index in [1.807, 2.05) is 12.1 Å². The van der Waals surface area contributed by atoms with Crippen LogP contribution in [-0.4, -0.2) is 29.6 Å². The molecule has 0 bridgehead atoms. The number of esters is 1. The second kappa shape index (κ2) is 7.31. The van der Waals surface area contributed by atoms with Crippen molar-refractivity contribution in [2.75, 3.05) is 14.2 Å². The Morgan fingerprint density at radius 2 is 2.08 bits per heavy atom. The standard InChI is InChI=1S/C17H15ClN4O3/c1-24-13-5-3-4-12(8-13)20-21-17-14(9-16(23)25-2)19-15-7-6-11(18)10-22(15)17/h3-8,10H,9H2,1-2H3. The van der Waals surface area contributed by atoms with Gasteiger partial charge in [0.2, 0.25) is 0 Å². The highest BCUT2D eigenvalue weighted by atomic mass is 35.5. The van der Waals surface area contributed by atoms with Crippen molar-refractivity contribution in [3.05, 3.63) is 53.3 Å². The molecular formula is C17H15ClN4O3. The molecule has 3 rings (SSSR count). The summed E-state index contributed by atoms with van der Waals surface area (Å²) in [6.45, 7) is 0. The summed E-state index contributed by atoms with van der Waals surface area (Å²) in [4.78, 5) is 16.1. The lowest BCUT2D eigenvalue weighted by Crippen LogP contribution is -2.04. The molecule has 0 atom stereocenters. The second-order valence-corrected chi connectivity index (χ2v) is 5.55. The van der Waals surface area contributed by atoms with Crippen molar-refractivity contribution in [1.82, 2.24) is 9.38 Å². The average molecular weight is 359 g/mol. The van der Waals surface area contributed by atoms with E-state index in [4.69, 9.17) is 21.1 Å². The Bertz CT molecular complexity index is 952. The number of methoxy groups -OCH3 is 2. The molecular weight excluding hydrogens is 344 g/mol. The van der Waals surface area contributed by atoms with E-state index in [0.717, 1.165) is 0 Å². The first-order valence-corrected chi connectivity index (χ1v) is 7.77. The third-order valence-corrected chi connectivity index (χ3v) is 3.70. The lowest BCUT2D eigenvalue weighted by Gasteiger charge is -2.01. The van der Waals surface area contributed by atoms with E-state index in [9.17, 15) is 4.79 Å². The predicted molar refractivity (Wildman–Crippen MR) is 93.1 cm³/mol. The zero-order valence-electron chi connectivity index (χ0n) is 13.6. The first-order chi connectivity index (χ1) is 12.1. The van der Waals surface area contributed by atoms with E-state index in [0.29, 0.717) is 33.6 Å². The number of pyridine rings is 1. The fourth-order valence-electron chi connectivity index (χ4n) is 2.27. The smallest absolute Gasteiger partial charge is 0.311 e. The number of carbonyl (C=O) groups is 1. The van der Waals surface area contributed by atoms with Gasteiger partial charge in [-0.1, -0.05) is 17.7 Å². The molecule has 8 heteroatoms. The van der Waals surface area contributed by atoms with Crippen LogP contribution in [0, 0.1) is 0 Å². The number of carbonyl (C=O) groups excluding carboxylic acids is 1. The fourth-order valence-corrected chi connectivity index (χ4v) is 2.43. The summed E-state index contributed by atoms with van der Waals surface area (Å²) in [6, 6.07) is 10.6. The van der Waals surface area contributed by atoms with Crippen molar-refractivity contribution >= 4 is 34.7 Å². The van der Waals surface area contributed by atoms with Crippen LogP contribution in [0.5, 0.6) is 5.75 Å². The van der Waals surface area contributed by atoms with Crippen molar-refractivity contribution in [1.29, 1.82) is 0 Å². The summed E-state index contributed by atoms with van der Waals surface area (Å²) in [5.74, 6) is 0.686. The molecule has 0 unspecified atom stereocenters. The van der Waals surface area contributed by atoms with Gasteiger partial charge in [0.25, 0.3) is 0 Å². The third-order valence-electron chi connectivity index (χ3n) is 3.48. The topological polar surface area (TPSA) is 77.5 Å². The minimum atomic E-state index is -0.410. The first kappa shape index (κ1) is 16.9. The van der Waals surface area contributed by atoms with Crippen molar-refractivity contribution in [3.8, 4) is 5.75 Å². The number of fused-ring (bicyclic) bond motifs is 1. The number of aromatic nitrogens is 2. The number of azo groups is 1. The maximum absolute atomic E-state index is 11.6. The van der Waals surface area contributed by atoms with Crippen molar-refractivity contribution in [2.24, 2.45) is 10.2 Å². The molecule has 0 N–H and O–H groups in total. The van der Waals surface area contributed by atoms with Crippen LogP contribution in [0.1, 0.15) is 5.69 Å². The minimum absolute atomic E-state index is 0.0116. The third kappa shape index (κ3) is 3.77. The molecule has 0 radical (unpaired) electrons. The van der Waals surface area contributed by atoms with Gasteiger partial charge in [-0.05, 0) is 24.3 Å². The summed E-state index contributed by atoms with van der Waals surface area (Å²) in [7, 11) is 2.91. The van der Waals surface area contributed by atoms with Gasteiger partial charge in [-0.25, -0.2) is 4.98 Å². The van der Waals surface area contributed by atoms with Crippen LogP contribution < -0.4 is 4.74 Å². The highest BCUT2D eigenvalue weighted by Crippen LogP contribution is 2.27. The molecule has 2 aromatic heterocycles. The predicted octanol–water partition coefficient (Wildman–Crippen LogP) is 4.13. The first-order valence-electron chi connectivity index (χ1n) is 7.40. The van der Waals surface area contributed by atoms with Crippen LogP contribution in [0.3, 0.4) is 0 Å². The van der Waals surface area contributed by atoms with E-state index in [-0.39, 0.29) is 6.42 Å². The summed E-state index contributed by atoms with van der Waals surface area (Å²) in [6.07, 6.45) is 1.66. The molecule has 0 fully saturated rings. The Hall–Kier alpha value is -2.93. The van der Waals surface area contributed by atoms with Crippen LogP contribution >= 0.6 is 11.6 Å². The van der Waals surface area contributed by atoms with Crippen LogP contribution in [0.25, 0.3) is 5.65 Å². The van der Waals surface area contributed by atoms with Crippen molar-refractivity contribution in [3.63, 3.8) is 0 Å². The van der Waals surface area contributed by atoms with Gasteiger partial charge < -0.3 is 9.47 Å². The van der Waals surface area contributed by atoms with Gasteiger partial charge in [0, 0.05) is 12.3 Å². The zero-order valence-corrected chi connectivity index (χ0v) is 14.4. The number of halogens is 1. The van der Waals surface area contributed by atoms with Gasteiger partial charge in [-0.2, -0.15) is 0 Å². The normalized spacial score (nSPS) is 11.2. The number of benzene rings is 1. The summed E-state index contributed by atoms with van der Waals surface area (Å²) >= 11 is 6.06. The second-order valence-electron chi connectivity index (χ2n) is 5.11. The molecule has 0 amide bonds. The lowest BCUT2D eigenvalue weighted by molar-refractivity contribution is -0.139. The number of hydrogen-bond acceptors (Lipinski definition) is 6. The zero-order chi connectivity index (χ0) is 17.8. The van der Waals surface area contributed by atoms with Crippen LogP contribution in [0.4, 0.5) is 11.5 Å². The molecule has 128 valence electrons. The maximum atomic E-state index is 11.6. The Morgan fingerprint density at radius 1 is 1.24 bits per heavy atom. The Morgan fingerprint density at radius 3 is 2.84 bits per heavy atom. The summed E-state index contributed by atoms with van der Waals surface area (Å²) in [5, 5.41) is 9.01. The van der Waals surface area contributed by atoms with E-state index in [1.165, 1.54) is 7.11 Å². The number of imidazole rings is 1. The summed E-state index contributed by atoms with van der Waals surface area (Å²) < 4.78 is 11.6. The molecule has 0 aliphatic heterocycles. The lowest BCUT2D eigenvalue weighted by atomic mass is 10.3. The number of nitrogens with zero attached hydrogens (tertiary/aromatic N) is 4. The SMILES string of the molecule is COC(=O)Cc1nc2ccc(Cl)cn2c1N=Nc1cccc(OC)c1. The van der Waals surface area contributed by atoms with E-state index in [1.54, 1.807) is 42.0 Å². The van der Waals surface area contributed by atoms with Gasteiger partial charge in [0.05, 0.1) is 37.0 Å². The minimum Gasteiger partial charge on any atom is -0.497 e. The quantitative estimate of drug-likeness (QED) is 0.507. The van der Waals surface area contributed by atoms with Gasteiger partial charge in [0.15, 0.2) is 5.82 Å². The monoisotopic (exact) mass is 358 g/mol. The van der Waals surface area contributed by atoms with Crippen LogP contribution in [0.2, 0.25) is 5.02 Å². The maximum Gasteiger partial charge on any atom is 0.311 e. The Balaban J connectivity index is 2.05. The number of hydrogen-bond donors (Lipinski definition) is 0. The Kier molecular flexibility index (Phi) is 4.95. The largest absolute Gasteiger partial charge is 0.497 e. The van der Waals surface area contributed by atoms with Gasteiger partial charge >= 0.3 is 5.97 Å². The highest BCUT2D eigenvalue weighted by molar-refractivity contribution is 6.30. The van der Waals surface area contributed by atoms with Gasteiger partial charge in [-0.3, -0.25) is 9.20 Å². The molecule has 7 nitrogen and oxygen atoms in total. The summed E-state index contributed by atoms with van der Waals surface area (Å²) in [5.41, 5.74) is 1.68. The van der Waals surface area contributed by atoms with E-state index < -0.39 is 5.97 Å². The number of ether oxygens (including phenoxy) is 2. The molecule has 2 heterocycles. The molecule has 3 aromatic rings.